The van der Waals surface area contributed by atoms with E-state index in [9.17, 15) is 4.79 Å². The van der Waals surface area contributed by atoms with Gasteiger partial charge in [0.2, 0.25) is 0 Å². The van der Waals surface area contributed by atoms with Crippen molar-refractivity contribution in [2.75, 3.05) is 27.7 Å². The smallest absolute Gasteiger partial charge is 0.261 e. The Balaban J connectivity index is 1.54. The summed E-state index contributed by atoms with van der Waals surface area (Å²) in [5.74, 6) is 0.744. The van der Waals surface area contributed by atoms with Crippen LogP contribution in [-0.4, -0.2) is 43.4 Å². The first-order valence-corrected chi connectivity index (χ1v) is 11.5. The van der Waals surface area contributed by atoms with E-state index in [4.69, 9.17) is 16.3 Å². The molecule has 6 nitrogen and oxygen atoms in total. The molecular formula is C24H26ClN4O2S+. The van der Waals surface area contributed by atoms with Crippen LogP contribution in [0.3, 0.4) is 0 Å². The summed E-state index contributed by atoms with van der Waals surface area (Å²) in [5.41, 5.74) is 2.95. The third-order valence-electron chi connectivity index (χ3n) is 5.52. The number of nitrogens with zero attached hydrogens (tertiary/aromatic N) is 2. The number of ether oxygens (including phenoxy) is 1. The Kier molecular flexibility index (Phi) is 6.50. The molecule has 0 fully saturated rings. The largest absolute Gasteiger partial charge is 0.497 e. The number of fused-ring (bicyclic) bond motifs is 1. The zero-order valence-electron chi connectivity index (χ0n) is 18.5. The molecule has 0 bridgehead atoms. The maximum absolute atomic E-state index is 13.0. The third kappa shape index (κ3) is 4.50. The molecule has 1 atom stereocenters. The van der Waals surface area contributed by atoms with Gasteiger partial charge in [0.1, 0.15) is 16.6 Å². The number of carbonyl (C=O) groups is 1. The molecule has 0 aliphatic heterocycles. The Morgan fingerprint density at radius 3 is 2.50 bits per heavy atom. The SMILES string of the molecule is COc1ccc([C@@H](CNC(=O)c2cc3c(C)nn(-c4ccc(Cl)cc4)c3s2)[NH+](C)C)cc1. The van der Waals surface area contributed by atoms with Crippen molar-refractivity contribution in [2.45, 2.75) is 13.0 Å². The summed E-state index contributed by atoms with van der Waals surface area (Å²) in [5, 5.41) is 9.42. The number of benzene rings is 2. The summed E-state index contributed by atoms with van der Waals surface area (Å²) < 4.78 is 7.12. The molecule has 0 saturated carbocycles. The minimum absolute atomic E-state index is 0.0759. The molecule has 0 saturated heterocycles. The van der Waals surface area contributed by atoms with Crippen molar-refractivity contribution in [1.29, 1.82) is 0 Å². The number of halogens is 1. The fourth-order valence-corrected chi connectivity index (χ4v) is 4.92. The van der Waals surface area contributed by atoms with E-state index < -0.39 is 0 Å². The fourth-order valence-electron chi connectivity index (χ4n) is 3.69. The van der Waals surface area contributed by atoms with E-state index in [1.165, 1.54) is 16.2 Å². The maximum Gasteiger partial charge on any atom is 0.261 e. The molecule has 32 heavy (non-hydrogen) atoms. The molecule has 0 spiro atoms. The maximum atomic E-state index is 13.0. The van der Waals surface area contributed by atoms with Crippen LogP contribution in [0.2, 0.25) is 5.02 Å². The van der Waals surface area contributed by atoms with Gasteiger partial charge in [-0.05, 0) is 61.5 Å². The Morgan fingerprint density at radius 1 is 1.19 bits per heavy atom. The average molecular weight is 470 g/mol. The van der Waals surface area contributed by atoms with Crippen LogP contribution in [0.25, 0.3) is 15.9 Å². The predicted octanol–water partition coefficient (Wildman–Crippen LogP) is 3.67. The number of methoxy groups -OCH3 is 1. The minimum Gasteiger partial charge on any atom is -0.497 e. The lowest BCUT2D eigenvalue weighted by Crippen LogP contribution is -3.07. The summed E-state index contributed by atoms with van der Waals surface area (Å²) in [6.07, 6.45) is 0. The summed E-state index contributed by atoms with van der Waals surface area (Å²) >= 11 is 7.47. The molecule has 0 radical (unpaired) electrons. The number of thiophene rings is 1. The average Bonchev–Trinajstić information content (AvgIpc) is 3.35. The van der Waals surface area contributed by atoms with Gasteiger partial charge < -0.3 is 15.0 Å². The van der Waals surface area contributed by atoms with Gasteiger partial charge in [-0.3, -0.25) is 4.79 Å². The summed E-state index contributed by atoms with van der Waals surface area (Å²) in [6, 6.07) is 17.6. The first-order chi connectivity index (χ1) is 15.4. The highest BCUT2D eigenvalue weighted by atomic mass is 35.5. The van der Waals surface area contributed by atoms with Crippen LogP contribution >= 0.6 is 22.9 Å². The topological polar surface area (TPSA) is 60.6 Å². The lowest BCUT2D eigenvalue weighted by atomic mass is 10.1. The van der Waals surface area contributed by atoms with E-state index in [2.05, 4.69) is 24.5 Å². The highest BCUT2D eigenvalue weighted by molar-refractivity contribution is 7.20. The highest BCUT2D eigenvalue weighted by Gasteiger charge is 2.21. The summed E-state index contributed by atoms with van der Waals surface area (Å²) in [4.78, 5) is 15.9. The second-order valence-electron chi connectivity index (χ2n) is 7.92. The number of amides is 1. The number of quaternary nitrogens is 1. The van der Waals surface area contributed by atoms with Gasteiger partial charge in [0.05, 0.1) is 44.0 Å². The number of nitrogens with one attached hydrogen (secondary N) is 2. The molecule has 2 aromatic carbocycles. The number of aromatic nitrogens is 2. The molecule has 2 N–H and O–H groups in total. The Labute approximate surface area is 196 Å². The summed E-state index contributed by atoms with van der Waals surface area (Å²) in [6.45, 7) is 2.49. The molecule has 4 rings (SSSR count). The molecule has 2 heterocycles. The van der Waals surface area contributed by atoms with E-state index >= 15 is 0 Å². The second-order valence-corrected chi connectivity index (χ2v) is 9.38. The Morgan fingerprint density at radius 2 is 1.88 bits per heavy atom. The minimum atomic E-state index is -0.0759. The third-order valence-corrected chi connectivity index (χ3v) is 6.88. The van der Waals surface area contributed by atoms with Gasteiger partial charge in [0.25, 0.3) is 5.91 Å². The molecule has 4 aromatic rings. The first kappa shape index (κ1) is 22.3. The van der Waals surface area contributed by atoms with Crippen molar-refractivity contribution in [1.82, 2.24) is 15.1 Å². The lowest BCUT2D eigenvalue weighted by Gasteiger charge is -2.22. The van der Waals surface area contributed by atoms with Crippen LogP contribution in [0.4, 0.5) is 0 Å². The Bertz CT molecular complexity index is 1230. The van der Waals surface area contributed by atoms with Crippen molar-refractivity contribution < 1.29 is 14.4 Å². The van der Waals surface area contributed by atoms with Crippen LogP contribution in [-0.2, 0) is 0 Å². The standard InChI is InChI=1S/C24H25ClN4O2S/c1-15-20-13-22(32-24(20)29(27-15)18-9-7-17(25)8-10-18)23(30)26-14-21(28(2)3)16-5-11-19(31-4)12-6-16/h5-13,21H,14H2,1-4H3,(H,26,30)/p+1/t21-/m1/s1. The van der Waals surface area contributed by atoms with E-state index in [0.29, 0.717) is 16.4 Å². The normalized spacial score (nSPS) is 12.3. The molecule has 8 heteroatoms. The molecule has 0 aliphatic rings. The number of aryl methyl sites for hydroxylation is 1. The number of hydrogen-bond donors (Lipinski definition) is 2. The number of carbonyl (C=O) groups excluding carboxylic acids is 1. The fraction of sp³-hybridized carbons (Fsp3) is 0.250. The number of rotatable bonds is 7. The second kappa shape index (κ2) is 9.32. The monoisotopic (exact) mass is 469 g/mol. The zero-order chi connectivity index (χ0) is 22.8. The van der Waals surface area contributed by atoms with Gasteiger partial charge in [0.15, 0.2) is 0 Å². The van der Waals surface area contributed by atoms with Gasteiger partial charge in [0, 0.05) is 16.0 Å². The number of likely N-dealkylation sites (N-methyl/N-ethyl adjacent to an activating group) is 1. The van der Waals surface area contributed by atoms with Crippen molar-refractivity contribution >= 4 is 39.1 Å². The van der Waals surface area contributed by atoms with E-state index in [0.717, 1.165) is 32.9 Å². The molecule has 1 amide bonds. The molecule has 0 aliphatic carbocycles. The zero-order valence-corrected chi connectivity index (χ0v) is 20.1. The van der Waals surface area contributed by atoms with Gasteiger partial charge in [-0.1, -0.05) is 11.6 Å². The van der Waals surface area contributed by atoms with E-state index in [-0.39, 0.29) is 11.9 Å². The van der Waals surface area contributed by atoms with E-state index in [1.54, 1.807) is 7.11 Å². The van der Waals surface area contributed by atoms with Crippen LogP contribution in [0, 0.1) is 6.92 Å². The van der Waals surface area contributed by atoms with Crippen molar-refractivity contribution in [3.8, 4) is 11.4 Å². The number of hydrogen-bond acceptors (Lipinski definition) is 4. The van der Waals surface area contributed by atoms with Crippen molar-refractivity contribution in [2.24, 2.45) is 0 Å². The summed E-state index contributed by atoms with van der Waals surface area (Å²) in [7, 11) is 5.83. The quantitative estimate of drug-likeness (QED) is 0.434. The van der Waals surface area contributed by atoms with Crippen molar-refractivity contribution in [3.63, 3.8) is 0 Å². The van der Waals surface area contributed by atoms with Gasteiger partial charge in [-0.15, -0.1) is 11.3 Å². The van der Waals surface area contributed by atoms with Gasteiger partial charge >= 0.3 is 0 Å². The van der Waals surface area contributed by atoms with Gasteiger partial charge in [-0.25, -0.2) is 4.68 Å². The highest BCUT2D eigenvalue weighted by Crippen LogP contribution is 2.30. The molecule has 166 valence electrons. The van der Waals surface area contributed by atoms with Crippen LogP contribution < -0.4 is 15.0 Å². The Hall–Kier alpha value is -2.87. The van der Waals surface area contributed by atoms with Crippen molar-refractivity contribution in [3.05, 3.63) is 75.8 Å². The first-order valence-electron chi connectivity index (χ1n) is 10.3. The van der Waals surface area contributed by atoms with Crippen LogP contribution in [0.1, 0.15) is 27.0 Å². The molecule has 0 unspecified atom stereocenters. The lowest BCUT2D eigenvalue weighted by molar-refractivity contribution is -0.890. The van der Waals surface area contributed by atoms with Gasteiger partial charge in [-0.2, -0.15) is 5.10 Å². The molecular weight excluding hydrogens is 444 g/mol. The van der Waals surface area contributed by atoms with Crippen LogP contribution in [0.5, 0.6) is 5.75 Å². The van der Waals surface area contributed by atoms with E-state index in [1.807, 2.05) is 66.2 Å². The molecule has 2 aromatic heterocycles. The van der Waals surface area contributed by atoms with Crippen LogP contribution in [0.15, 0.2) is 54.6 Å². The predicted molar refractivity (Wildman–Crippen MR) is 130 cm³/mol.